The van der Waals surface area contributed by atoms with Crippen LogP contribution in [0.3, 0.4) is 0 Å². The van der Waals surface area contributed by atoms with E-state index in [0.29, 0.717) is 12.3 Å². The molecule has 96 valence electrons. The average molecular weight is 271 g/mol. The monoisotopic (exact) mass is 270 g/mol. The highest BCUT2D eigenvalue weighted by Gasteiger charge is 2.29. The van der Waals surface area contributed by atoms with E-state index >= 15 is 0 Å². The summed E-state index contributed by atoms with van der Waals surface area (Å²) in [6.07, 6.45) is 1.21. The van der Waals surface area contributed by atoms with E-state index in [0.717, 1.165) is 6.42 Å². The van der Waals surface area contributed by atoms with Crippen molar-refractivity contribution >= 4 is 16.8 Å². The lowest BCUT2D eigenvalue weighted by atomic mass is 9.90. The van der Waals surface area contributed by atoms with Crippen LogP contribution in [0.5, 0.6) is 0 Å². The molecule has 0 radical (unpaired) electrons. The molecular weight excluding hydrogens is 256 g/mol. The van der Waals surface area contributed by atoms with Crippen molar-refractivity contribution < 1.29 is 4.79 Å². The lowest BCUT2D eigenvalue weighted by Crippen LogP contribution is -2.01. The fourth-order valence-electron chi connectivity index (χ4n) is 3.14. The molecule has 1 unspecified atom stereocenters. The van der Waals surface area contributed by atoms with Crippen LogP contribution in [0.15, 0.2) is 42.5 Å². The highest BCUT2D eigenvalue weighted by atomic mass is 35.5. The minimum absolute atomic E-state index is 0.250. The average Bonchev–Trinajstić information content (AvgIpc) is 2.72. The number of aryl methyl sites for hydroxylation is 1. The molecule has 1 nitrogen and oxygen atoms in total. The number of hydrogen-bond acceptors (Lipinski definition) is 1. The van der Waals surface area contributed by atoms with Gasteiger partial charge < -0.3 is 0 Å². The minimum Gasteiger partial charge on any atom is -0.281 e. The van der Waals surface area contributed by atoms with Crippen LogP contribution in [0.2, 0.25) is 0 Å². The van der Waals surface area contributed by atoms with Crippen molar-refractivity contribution in [3.63, 3.8) is 0 Å². The van der Waals surface area contributed by atoms with Gasteiger partial charge in [-0.25, -0.2) is 0 Å². The van der Waals surface area contributed by atoms with Gasteiger partial charge in [-0.05, 0) is 52.8 Å². The largest absolute Gasteiger partial charge is 0.281 e. The van der Waals surface area contributed by atoms with E-state index in [-0.39, 0.29) is 5.24 Å². The summed E-state index contributed by atoms with van der Waals surface area (Å²) < 4.78 is 0. The molecule has 1 aliphatic rings. The summed E-state index contributed by atoms with van der Waals surface area (Å²) in [5, 5.41) is -0.250. The second-order valence-electron chi connectivity index (χ2n) is 5.07. The van der Waals surface area contributed by atoms with Crippen LogP contribution in [0, 0.1) is 6.92 Å². The zero-order valence-electron chi connectivity index (χ0n) is 10.8. The van der Waals surface area contributed by atoms with Crippen LogP contribution >= 0.6 is 11.6 Å². The second-order valence-corrected chi connectivity index (χ2v) is 5.49. The van der Waals surface area contributed by atoms with Gasteiger partial charge >= 0.3 is 0 Å². The molecule has 0 aliphatic heterocycles. The molecule has 0 fully saturated rings. The molecule has 3 rings (SSSR count). The highest BCUT2D eigenvalue weighted by Crippen LogP contribution is 2.47. The lowest BCUT2D eigenvalue weighted by molar-refractivity contribution is -0.111. The smallest absolute Gasteiger partial charge is 0.221 e. The van der Waals surface area contributed by atoms with E-state index in [1.165, 1.54) is 27.8 Å². The highest BCUT2D eigenvalue weighted by molar-refractivity contribution is 6.63. The molecule has 2 aromatic rings. The van der Waals surface area contributed by atoms with Crippen LogP contribution in [-0.2, 0) is 4.79 Å². The van der Waals surface area contributed by atoms with Gasteiger partial charge in [0.15, 0.2) is 0 Å². The first kappa shape index (κ1) is 12.4. The Labute approximate surface area is 118 Å². The molecular formula is C17H15ClO. The molecule has 2 aromatic carbocycles. The van der Waals surface area contributed by atoms with Crippen molar-refractivity contribution in [3.05, 3.63) is 59.2 Å². The Morgan fingerprint density at radius 2 is 1.84 bits per heavy atom. The molecule has 0 spiro atoms. The molecule has 0 amide bonds. The maximum absolute atomic E-state index is 11.1. The number of benzene rings is 2. The molecule has 0 N–H and O–H groups in total. The molecule has 1 atom stereocenters. The summed E-state index contributed by atoms with van der Waals surface area (Å²) in [6.45, 7) is 2.14. The van der Waals surface area contributed by atoms with Gasteiger partial charge in [0.25, 0.3) is 0 Å². The summed E-state index contributed by atoms with van der Waals surface area (Å²) in [6, 6.07) is 14.9. The molecule has 0 saturated heterocycles. The third kappa shape index (κ3) is 2.08. The number of carbonyl (C=O) groups is 1. The molecule has 19 heavy (non-hydrogen) atoms. The van der Waals surface area contributed by atoms with Crippen molar-refractivity contribution in [2.24, 2.45) is 0 Å². The topological polar surface area (TPSA) is 17.1 Å². The Morgan fingerprint density at radius 1 is 1.11 bits per heavy atom. The molecule has 0 aromatic heterocycles. The summed E-state index contributed by atoms with van der Waals surface area (Å²) in [7, 11) is 0. The number of hydrogen-bond donors (Lipinski definition) is 0. The van der Waals surface area contributed by atoms with Gasteiger partial charge in [0.05, 0.1) is 0 Å². The Kier molecular flexibility index (Phi) is 3.16. The summed E-state index contributed by atoms with van der Waals surface area (Å²) >= 11 is 5.51. The van der Waals surface area contributed by atoms with Gasteiger partial charge in [-0.2, -0.15) is 0 Å². The molecule has 2 heteroatoms. The number of fused-ring (bicyclic) bond motifs is 3. The van der Waals surface area contributed by atoms with E-state index in [4.69, 9.17) is 11.6 Å². The Hall–Kier alpha value is -1.60. The van der Waals surface area contributed by atoms with E-state index in [1.807, 2.05) is 0 Å². The zero-order chi connectivity index (χ0) is 13.4. The quantitative estimate of drug-likeness (QED) is 0.742. The predicted octanol–water partition coefficient (Wildman–Crippen LogP) is 4.65. The van der Waals surface area contributed by atoms with Crippen molar-refractivity contribution in [1.82, 2.24) is 0 Å². The number of halogens is 1. The summed E-state index contributed by atoms with van der Waals surface area (Å²) in [5.41, 5.74) is 6.59. The standard InChI is InChI=1S/C17H15ClO/c1-11-5-4-8-14-12-6-2-3-7-13(12)15(17(11)14)9-10-16(18)19/h2-8,15H,9-10H2,1H3. The van der Waals surface area contributed by atoms with E-state index < -0.39 is 0 Å². The van der Waals surface area contributed by atoms with Crippen molar-refractivity contribution in [2.45, 2.75) is 25.7 Å². The first-order chi connectivity index (χ1) is 9.18. The molecule has 0 heterocycles. The third-order valence-electron chi connectivity index (χ3n) is 3.93. The lowest BCUT2D eigenvalue weighted by Gasteiger charge is -2.14. The molecule has 0 saturated carbocycles. The van der Waals surface area contributed by atoms with Gasteiger partial charge in [-0.3, -0.25) is 4.79 Å². The minimum atomic E-state index is -0.250. The SMILES string of the molecule is Cc1cccc2c1C(CCC(=O)Cl)c1ccccc1-2. The zero-order valence-corrected chi connectivity index (χ0v) is 11.6. The van der Waals surface area contributed by atoms with Crippen molar-refractivity contribution in [1.29, 1.82) is 0 Å². The van der Waals surface area contributed by atoms with Gasteiger partial charge in [0.1, 0.15) is 0 Å². The summed E-state index contributed by atoms with van der Waals surface area (Å²) in [4.78, 5) is 11.1. The molecule has 1 aliphatic carbocycles. The normalized spacial score (nSPS) is 16.0. The van der Waals surface area contributed by atoms with E-state index in [2.05, 4.69) is 49.4 Å². The Bertz CT molecular complexity index is 645. The number of carbonyl (C=O) groups excluding carboxylic acids is 1. The van der Waals surface area contributed by atoms with Crippen molar-refractivity contribution in [3.8, 4) is 11.1 Å². The van der Waals surface area contributed by atoms with Crippen LogP contribution < -0.4 is 0 Å². The molecule has 0 bridgehead atoms. The Balaban J connectivity index is 2.12. The summed E-state index contributed by atoms with van der Waals surface area (Å²) in [5.74, 6) is 0.301. The predicted molar refractivity (Wildman–Crippen MR) is 78.6 cm³/mol. The van der Waals surface area contributed by atoms with Gasteiger partial charge in [-0.15, -0.1) is 0 Å². The van der Waals surface area contributed by atoms with Crippen molar-refractivity contribution in [2.75, 3.05) is 0 Å². The van der Waals surface area contributed by atoms with Crippen LogP contribution in [-0.4, -0.2) is 5.24 Å². The fraction of sp³-hybridized carbons (Fsp3) is 0.235. The third-order valence-corrected chi connectivity index (χ3v) is 4.12. The van der Waals surface area contributed by atoms with Crippen LogP contribution in [0.4, 0.5) is 0 Å². The Morgan fingerprint density at radius 3 is 2.63 bits per heavy atom. The van der Waals surface area contributed by atoms with Crippen LogP contribution in [0.1, 0.15) is 35.4 Å². The maximum atomic E-state index is 11.1. The maximum Gasteiger partial charge on any atom is 0.221 e. The first-order valence-corrected chi connectivity index (χ1v) is 6.93. The van der Waals surface area contributed by atoms with Crippen LogP contribution in [0.25, 0.3) is 11.1 Å². The van der Waals surface area contributed by atoms with Gasteiger partial charge in [-0.1, -0.05) is 42.5 Å². The second kappa shape index (κ2) is 4.82. The number of rotatable bonds is 3. The van der Waals surface area contributed by atoms with E-state index in [1.54, 1.807) is 0 Å². The fourth-order valence-corrected chi connectivity index (χ4v) is 3.25. The van der Waals surface area contributed by atoms with Gasteiger partial charge in [0.2, 0.25) is 5.24 Å². The van der Waals surface area contributed by atoms with E-state index in [9.17, 15) is 4.79 Å². The van der Waals surface area contributed by atoms with Gasteiger partial charge in [0, 0.05) is 12.3 Å². The first-order valence-electron chi connectivity index (χ1n) is 6.55.